The van der Waals surface area contributed by atoms with Gasteiger partial charge in [-0.2, -0.15) is 0 Å². The molecule has 0 aliphatic heterocycles. The van der Waals surface area contributed by atoms with Gasteiger partial charge in [-0.3, -0.25) is 4.99 Å². The molecule has 0 bridgehead atoms. The number of rotatable bonds is 5. The minimum absolute atomic E-state index is 0.682. The summed E-state index contributed by atoms with van der Waals surface area (Å²) in [5, 5.41) is 0. The highest BCUT2D eigenvalue weighted by Crippen LogP contribution is 2.31. The number of H-pyrrole nitrogens is 2. The Bertz CT molecular complexity index is 752. The fourth-order valence-corrected chi connectivity index (χ4v) is 3.38. The monoisotopic (exact) mass is 325 g/mol. The molecule has 1 atom stereocenters. The lowest BCUT2D eigenvalue weighted by molar-refractivity contribution is 0.445. The van der Waals surface area contributed by atoms with E-state index in [1.54, 1.807) is 0 Å². The summed E-state index contributed by atoms with van der Waals surface area (Å²) in [6, 6.07) is 10.3. The Morgan fingerprint density at radius 2 is 2.13 bits per heavy atom. The van der Waals surface area contributed by atoms with Gasteiger partial charge < -0.3 is 9.97 Å². The molecule has 2 aromatic rings. The second-order valence-corrected chi connectivity index (χ2v) is 6.75. The number of hydrogen-bond donors (Lipinski definition) is 2. The van der Waals surface area contributed by atoms with E-state index in [9.17, 15) is 0 Å². The first-order valence-electron chi connectivity index (χ1n) is 8.19. The number of imidazole rings is 1. The minimum atomic E-state index is 0.682. The number of nitrogens with one attached hydrogen (secondary N) is 2. The lowest BCUT2D eigenvalue weighted by atomic mass is 9.82. The smallest absolute Gasteiger partial charge is 0.174 e. The van der Waals surface area contributed by atoms with Crippen LogP contribution in [0.5, 0.6) is 0 Å². The predicted octanol–water partition coefficient (Wildman–Crippen LogP) is 4.85. The van der Waals surface area contributed by atoms with Crippen LogP contribution in [0.2, 0.25) is 0 Å². The van der Waals surface area contributed by atoms with E-state index in [-0.39, 0.29) is 0 Å². The SMILES string of the molecule is CC1=C(CN=Cc2ccccc2)CC(Cc2c[nH]c(=S)[nH]2)CC1. The van der Waals surface area contributed by atoms with E-state index in [1.807, 2.05) is 30.6 Å². The molecular weight excluding hydrogens is 302 g/mol. The van der Waals surface area contributed by atoms with Crippen molar-refractivity contribution in [1.29, 1.82) is 0 Å². The number of aromatic nitrogens is 2. The summed E-state index contributed by atoms with van der Waals surface area (Å²) in [5.41, 5.74) is 5.40. The normalized spacial score (nSPS) is 18.7. The van der Waals surface area contributed by atoms with Gasteiger partial charge in [-0.25, -0.2) is 0 Å². The molecule has 2 N–H and O–H groups in total. The van der Waals surface area contributed by atoms with Crippen molar-refractivity contribution in [1.82, 2.24) is 9.97 Å². The number of allylic oxidation sites excluding steroid dienone is 1. The molecule has 1 unspecified atom stereocenters. The molecule has 1 aliphatic rings. The molecular formula is C19H23N3S. The molecule has 3 rings (SSSR count). The minimum Gasteiger partial charge on any atom is -0.337 e. The number of hydrogen-bond acceptors (Lipinski definition) is 2. The van der Waals surface area contributed by atoms with Gasteiger partial charge in [0.2, 0.25) is 0 Å². The van der Waals surface area contributed by atoms with Crippen molar-refractivity contribution in [3.8, 4) is 0 Å². The standard InChI is InChI=1S/C19H23N3S/c1-14-7-8-16(10-18-13-21-19(23)22-18)9-17(14)12-20-11-15-5-3-2-4-6-15/h2-6,11,13,16H,7-10,12H2,1H3,(H2,21,22,23). The predicted molar refractivity (Wildman–Crippen MR) is 98.6 cm³/mol. The van der Waals surface area contributed by atoms with E-state index in [0.717, 1.165) is 29.7 Å². The summed E-state index contributed by atoms with van der Waals surface area (Å²) in [6.07, 6.45) is 8.62. The van der Waals surface area contributed by atoms with Crippen LogP contribution in [0.1, 0.15) is 37.4 Å². The van der Waals surface area contributed by atoms with E-state index < -0.39 is 0 Å². The van der Waals surface area contributed by atoms with Gasteiger partial charge >= 0.3 is 0 Å². The first-order valence-corrected chi connectivity index (χ1v) is 8.60. The van der Waals surface area contributed by atoms with Crippen LogP contribution in [0.4, 0.5) is 0 Å². The molecule has 0 radical (unpaired) electrons. The molecule has 0 amide bonds. The van der Waals surface area contributed by atoms with Gasteiger partial charge in [0.1, 0.15) is 0 Å². The first kappa shape index (κ1) is 15.9. The van der Waals surface area contributed by atoms with E-state index >= 15 is 0 Å². The molecule has 1 heterocycles. The van der Waals surface area contributed by atoms with Gasteiger partial charge in [0.05, 0.1) is 6.54 Å². The second-order valence-electron chi connectivity index (χ2n) is 6.35. The highest BCUT2D eigenvalue weighted by atomic mass is 32.1. The largest absolute Gasteiger partial charge is 0.337 e. The van der Waals surface area contributed by atoms with Crippen LogP contribution in [-0.4, -0.2) is 22.7 Å². The Labute approximate surface area is 142 Å². The van der Waals surface area contributed by atoms with Crippen LogP contribution in [-0.2, 0) is 6.42 Å². The number of aliphatic imine (C=N–C) groups is 1. The van der Waals surface area contributed by atoms with Crippen LogP contribution in [0.25, 0.3) is 0 Å². The van der Waals surface area contributed by atoms with Crippen molar-refractivity contribution in [2.75, 3.05) is 6.54 Å². The molecule has 0 saturated heterocycles. The maximum Gasteiger partial charge on any atom is 0.174 e. The van der Waals surface area contributed by atoms with Crippen molar-refractivity contribution in [3.05, 3.63) is 63.7 Å². The quantitative estimate of drug-likeness (QED) is 0.460. The lowest BCUT2D eigenvalue weighted by Gasteiger charge is -2.25. The molecule has 1 aliphatic carbocycles. The van der Waals surface area contributed by atoms with Gasteiger partial charge in [-0.1, -0.05) is 35.9 Å². The summed E-state index contributed by atoms with van der Waals surface area (Å²) >= 11 is 5.11. The highest BCUT2D eigenvalue weighted by molar-refractivity contribution is 7.71. The molecule has 0 spiro atoms. The van der Waals surface area contributed by atoms with Crippen molar-refractivity contribution >= 4 is 18.4 Å². The highest BCUT2D eigenvalue weighted by Gasteiger charge is 2.19. The Morgan fingerprint density at radius 3 is 2.87 bits per heavy atom. The van der Waals surface area contributed by atoms with Gasteiger partial charge in [0.25, 0.3) is 0 Å². The zero-order valence-corrected chi connectivity index (χ0v) is 14.3. The van der Waals surface area contributed by atoms with Gasteiger partial charge in [0, 0.05) is 18.1 Å². The fourth-order valence-electron chi connectivity index (χ4n) is 3.19. The molecule has 3 nitrogen and oxygen atoms in total. The average molecular weight is 325 g/mol. The van der Waals surface area contributed by atoms with Crippen LogP contribution in [0, 0.1) is 10.7 Å². The van der Waals surface area contributed by atoms with E-state index in [4.69, 9.17) is 12.2 Å². The summed E-state index contributed by atoms with van der Waals surface area (Å²) in [7, 11) is 0. The van der Waals surface area contributed by atoms with Crippen LogP contribution >= 0.6 is 12.2 Å². The molecule has 23 heavy (non-hydrogen) atoms. The number of benzene rings is 1. The maximum absolute atomic E-state index is 5.11. The number of aromatic amines is 2. The van der Waals surface area contributed by atoms with Crippen molar-refractivity contribution in [2.45, 2.75) is 32.6 Å². The summed E-state index contributed by atoms with van der Waals surface area (Å²) < 4.78 is 0.718. The molecule has 4 heteroatoms. The van der Waals surface area contributed by atoms with Crippen LogP contribution in [0.15, 0.2) is 52.7 Å². The van der Waals surface area contributed by atoms with E-state index in [1.165, 1.54) is 29.7 Å². The van der Waals surface area contributed by atoms with Crippen molar-refractivity contribution < 1.29 is 0 Å². The van der Waals surface area contributed by atoms with Crippen molar-refractivity contribution in [2.24, 2.45) is 10.9 Å². The summed E-state index contributed by atoms with van der Waals surface area (Å²) in [4.78, 5) is 10.9. The zero-order chi connectivity index (χ0) is 16.1. The molecule has 120 valence electrons. The third-order valence-corrected chi connectivity index (χ3v) is 4.77. The zero-order valence-electron chi connectivity index (χ0n) is 13.5. The topological polar surface area (TPSA) is 43.9 Å². The van der Waals surface area contributed by atoms with E-state index in [2.05, 4.69) is 34.0 Å². The maximum atomic E-state index is 5.11. The molecule has 1 aromatic carbocycles. The second kappa shape index (κ2) is 7.55. The third kappa shape index (κ3) is 4.52. The Kier molecular flexibility index (Phi) is 5.23. The number of nitrogens with zero attached hydrogens (tertiary/aromatic N) is 1. The van der Waals surface area contributed by atoms with Crippen LogP contribution in [0.3, 0.4) is 0 Å². The third-order valence-electron chi connectivity index (χ3n) is 4.55. The molecule has 1 aromatic heterocycles. The Balaban J connectivity index is 1.60. The summed E-state index contributed by atoms with van der Waals surface area (Å²) in [6.45, 7) is 3.08. The van der Waals surface area contributed by atoms with Gasteiger partial charge in [-0.15, -0.1) is 0 Å². The summed E-state index contributed by atoms with van der Waals surface area (Å²) in [5.74, 6) is 0.682. The Hall–Kier alpha value is -1.94. The fraction of sp³-hybridized carbons (Fsp3) is 0.368. The van der Waals surface area contributed by atoms with Gasteiger partial charge in [-0.05, 0) is 61.9 Å². The Morgan fingerprint density at radius 1 is 1.30 bits per heavy atom. The van der Waals surface area contributed by atoms with E-state index in [0.29, 0.717) is 5.92 Å². The average Bonchev–Trinajstić information content (AvgIpc) is 2.96. The van der Waals surface area contributed by atoms with Crippen LogP contribution < -0.4 is 0 Å². The molecule has 0 saturated carbocycles. The van der Waals surface area contributed by atoms with Gasteiger partial charge in [0.15, 0.2) is 4.77 Å². The lowest BCUT2D eigenvalue weighted by Crippen LogP contribution is -2.14. The molecule has 0 fully saturated rings. The first-order chi connectivity index (χ1) is 11.2. The van der Waals surface area contributed by atoms with Crippen molar-refractivity contribution in [3.63, 3.8) is 0 Å².